The number of hydrogen-bond donors (Lipinski definition) is 4. The lowest BCUT2D eigenvalue weighted by molar-refractivity contribution is -0.119. The molecule has 0 aliphatic heterocycles. The van der Waals surface area contributed by atoms with Crippen LogP contribution in [-0.2, 0) is 4.79 Å². The smallest absolute Gasteiger partial charge is 0.286 e. The Kier molecular flexibility index (Phi) is 4.95. The summed E-state index contributed by atoms with van der Waals surface area (Å²) in [5.41, 5.74) is 21.0. The normalized spacial score (nSPS) is 10.0. The Morgan fingerprint density at radius 3 is 2.33 bits per heavy atom. The Morgan fingerprint density at radius 2 is 1.67 bits per heavy atom. The van der Waals surface area contributed by atoms with E-state index < -0.39 is 11.8 Å². The Hall–Kier alpha value is -3.62. The predicted octanol–water partition coefficient (Wildman–Crippen LogP) is -0.568. The minimum absolute atomic E-state index is 0.309. The van der Waals surface area contributed by atoms with Gasteiger partial charge in [0.15, 0.2) is 18.5 Å². The highest BCUT2D eigenvalue weighted by atomic mass is 16.5. The van der Waals surface area contributed by atoms with E-state index in [0.717, 1.165) is 5.39 Å². The summed E-state index contributed by atoms with van der Waals surface area (Å²) < 4.78 is 5.32. The molecule has 0 atom stereocenters. The first-order valence-electron chi connectivity index (χ1n) is 6.79. The molecule has 24 heavy (non-hydrogen) atoms. The van der Waals surface area contributed by atoms with E-state index in [9.17, 15) is 9.59 Å². The minimum Gasteiger partial charge on any atom is -0.484 e. The van der Waals surface area contributed by atoms with Crippen molar-refractivity contribution in [1.82, 2.24) is 0 Å². The summed E-state index contributed by atoms with van der Waals surface area (Å²) in [6.07, 6.45) is 0. The van der Waals surface area contributed by atoms with Gasteiger partial charge in [0.05, 0.1) is 0 Å². The summed E-state index contributed by atoms with van der Waals surface area (Å²) in [7, 11) is 0. The van der Waals surface area contributed by atoms with Crippen molar-refractivity contribution >= 4 is 34.5 Å². The van der Waals surface area contributed by atoms with Crippen LogP contribution in [0.4, 0.5) is 0 Å². The van der Waals surface area contributed by atoms with Crippen LogP contribution in [0.15, 0.2) is 46.4 Å². The van der Waals surface area contributed by atoms with Crippen molar-refractivity contribution in [3.05, 3.63) is 42.0 Å². The lowest BCUT2D eigenvalue weighted by atomic mass is 10.0. The summed E-state index contributed by atoms with van der Waals surface area (Å²) in [6, 6.07) is 10.0. The van der Waals surface area contributed by atoms with E-state index in [2.05, 4.69) is 9.98 Å². The molecule has 0 spiro atoms. The van der Waals surface area contributed by atoms with Crippen molar-refractivity contribution in [3.8, 4) is 5.75 Å². The van der Waals surface area contributed by atoms with E-state index >= 15 is 0 Å². The molecule has 0 heterocycles. The number of nitrogens with two attached hydrogens (primary N) is 4. The van der Waals surface area contributed by atoms with E-state index in [1.165, 1.54) is 0 Å². The molecule has 2 rings (SSSR count). The van der Waals surface area contributed by atoms with Gasteiger partial charge in [0.2, 0.25) is 0 Å². The van der Waals surface area contributed by atoms with Crippen LogP contribution in [0, 0.1) is 0 Å². The van der Waals surface area contributed by atoms with Crippen LogP contribution in [0.2, 0.25) is 0 Å². The molecule has 2 amide bonds. The van der Waals surface area contributed by atoms with Crippen LogP contribution >= 0.6 is 0 Å². The van der Waals surface area contributed by atoms with Crippen LogP contribution in [0.25, 0.3) is 10.8 Å². The molecule has 2 aromatic rings. The molecule has 9 nitrogen and oxygen atoms in total. The third kappa shape index (κ3) is 4.19. The van der Waals surface area contributed by atoms with Crippen LogP contribution in [-0.4, -0.2) is 30.3 Å². The molecule has 9 heteroatoms. The SMILES string of the molecule is NC(N)=NC(=O)COc1ccc2c(C(=O)N=C(N)N)cccc2c1. The number of hydrogen-bond acceptors (Lipinski definition) is 3. The van der Waals surface area contributed by atoms with Crippen molar-refractivity contribution in [2.24, 2.45) is 32.9 Å². The standard InChI is InChI=1S/C15H16N6O3/c16-14(17)20-12(22)7-24-9-4-5-10-8(6-9)2-1-3-11(10)13(23)21-15(18)19/h1-6H,7H2,(H4,16,17,20,22)(H4,18,19,21,23). The fourth-order valence-corrected chi connectivity index (χ4v) is 2.04. The third-order valence-electron chi connectivity index (χ3n) is 2.93. The fourth-order valence-electron chi connectivity index (χ4n) is 2.04. The molecular formula is C15H16N6O3. The zero-order chi connectivity index (χ0) is 17.7. The van der Waals surface area contributed by atoms with Crippen molar-refractivity contribution < 1.29 is 14.3 Å². The van der Waals surface area contributed by atoms with E-state index in [4.69, 9.17) is 27.7 Å². The number of fused-ring (bicyclic) bond motifs is 1. The number of ether oxygens (including phenoxy) is 1. The number of aliphatic imine (C=N–C) groups is 2. The van der Waals surface area contributed by atoms with Crippen molar-refractivity contribution in [2.75, 3.05) is 6.61 Å². The van der Waals surface area contributed by atoms with Crippen LogP contribution in [0.5, 0.6) is 5.75 Å². The largest absolute Gasteiger partial charge is 0.484 e. The van der Waals surface area contributed by atoms with Crippen molar-refractivity contribution in [3.63, 3.8) is 0 Å². The van der Waals surface area contributed by atoms with Crippen LogP contribution in [0.3, 0.4) is 0 Å². The van der Waals surface area contributed by atoms with Gasteiger partial charge in [-0.15, -0.1) is 0 Å². The predicted molar refractivity (Wildman–Crippen MR) is 90.4 cm³/mol. The van der Waals surface area contributed by atoms with Gasteiger partial charge in [0.1, 0.15) is 5.75 Å². The Morgan fingerprint density at radius 1 is 0.958 bits per heavy atom. The molecule has 0 saturated carbocycles. The maximum Gasteiger partial charge on any atom is 0.286 e. The summed E-state index contributed by atoms with van der Waals surface area (Å²) in [5, 5.41) is 1.37. The molecule has 8 N–H and O–H groups in total. The van der Waals surface area contributed by atoms with Crippen LogP contribution in [0.1, 0.15) is 10.4 Å². The Balaban J connectivity index is 2.26. The molecule has 0 unspecified atom stereocenters. The lowest BCUT2D eigenvalue weighted by Crippen LogP contribution is -2.25. The molecule has 0 bridgehead atoms. The second-order valence-corrected chi connectivity index (χ2v) is 4.75. The van der Waals surface area contributed by atoms with Gasteiger partial charge in [-0.05, 0) is 35.0 Å². The van der Waals surface area contributed by atoms with Gasteiger partial charge in [-0.25, -0.2) is 0 Å². The van der Waals surface area contributed by atoms with Gasteiger partial charge < -0.3 is 27.7 Å². The number of rotatable bonds is 4. The second kappa shape index (κ2) is 7.09. The van der Waals surface area contributed by atoms with E-state index in [1.807, 2.05) is 0 Å². The number of benzene rings is 2. The molecule has 0 aliphatic carbocycles. The Labute approximate surface area is 137 Å². The summed E-state index contributed by atoms with van der Waals surface area (Å²) in [6.45, 7) is -0.309. The first-order valence-corrected chi connectivity index (χ1v) is 6.79. The second-order valence-electron chi connectivity index (χ2n) is 4.75. The molecule has 0 aromatic heterocycles. The number of nitrogens with zero attached hydrogens (tertiary/aromatic N) is 2. The van der Waals surface area contributed by atoms with Crippen molar-refractivity contribution in [2.45, 2.75) is 0 Å². The highest BCUT2D eigenvalue weighted by molar-refractivity contribution is 6.10. The molecule has 124 valence electrons. The lowest BCUT2D eigenvalue weighted by Gasteiger charge is -2.07. The molecule has 0 fully saturated rings. The van der Waals surface area contributed by atoms with E-state index in [0.29, 0.717) is 16.7 Å². The Bertz CT molecular complexity index is 851. The zero-order valence-electron chi connectivity index (χ0n) is 12.6. The molecule has 0 saturated heterocycles. The summed E-state index contributed by atoms with van der Waals surface area (Å²) >= 11 is 0. The fraction of sp³-hybridized carbons (Fsp3) is 0.0667. The topological polar surface area (TPSA) is 172 Å². The van der Waals surface area contributed by atoms with E-state index in [1.54, 1.807) is 36.4 Å². The van der Waals surface area contributed by atoms with Gasteiger partial charge in [-0.2, -0.15) is 9.98 Å². The number of carbonyl (C=O) groups excluding carboxylic acids is 2. The maximum absolute atomic E-state index is 12.0. The monoisotopic (exact) mass is 328 g/mol. The van der Waals surface area contributed by atoms with Crippen molar-refractivity contribution in [1.29, 1.82) is 0 Å². The molecular weight excluding hydrogens is 312 g/mol. The summed E-state index contributed by atoms with van der Waals surface area (Å²) in [5.74, 6) is -1.36. The highest BCUT2D eigenvalue weighted by Gasteiger charge is 2.10. The minimum atomic E-state index is -0.605. The number of guanidine groups is 2. The van der Waals surface area contributed by atoms with Gasteiger partial charge in [-0.1, -0.05) is 12.1 Å². The van der Waals surface area contributed by atoms with Gasteiger partial charge in [-0.3, -0.25) is 9.59 Å². The average Bonchev–Trinajstić information content (AvgIpc) is 2.50. The van der Waals surface area contributed by atoms with Gasteiger partial charge in [0.25, 0.3) is 11.8 Å². The maximum atomic E-state index is 12.0. The number of amides is 2. The van der Waals surface area contributed by atoms with E-state index in [-0.39, 0.29) is 18.5 Å². The molecule has 0 radical (unpaired) electrons. The molecule has 0 aliphatic rings. The summed E-state index contributed by atoms with van der Waals surface area (Å²) in [4.78, 5) is 30.3. The first kappa shape index (κ1) is 16.7. The van der Waals surface area contributed by atoms with Gasteiger partial charge in [0, 0.05) is 5.56 Å². The van der Waals surface area contributed by atoms with Crippen LogP contribution < -0.4 is 27.7 Å². The third-order valence-corrected chi connectivity index (χ3v) is 2.93. The highest BCUT2D eigenvalue weighted by Crippen LogP contribution is 2.24. The molecule has 2 aromatic carbocycles. The average molecular weight is 328 g/mol. The number of carbonyl (C=O) groups is 2. The first-order chi connectivity index (χ1) is 11.4. The zero-order valence-corrected chi connectivity index (χ0v) is 12.6. The quantitative estimate of drug-likeness (QED) is 0.429. The van der Waals surface area contributed by atoms with Gasteiger partial charge >= 0.3 is 0 Å².